The lowest BCUT2D eigenvalue weighted by molar-refractivity contribution is 0.0921. The van der Waals surface area contributed by atoms with E-state index >= 15 is 0 Å². The molecule has 0 unspecified atom stereocenters. The predicted molar refractivity (Wildman–Crippen MR) is 102 cm³/mol. The molecule has 0 aromatic carbocycles. The minimum Gasteiger partial charge on any atom is -0.438 e. The lowest BCUT2D eigenvalue weighted by Crippen LogP contribution is -2.40. The molecule has 0 atom stereocenters. The highest BCUT2D eigenvalue weighted by Gasteiger charge is 2.26. The van der Waals surface area contributed by atoms with Crippen molar-refractivity contribution in [1.82, 2.24) is 24.8 Å². The summed E-state index contributed by atoms with van der Waals surface area (Å²) in [7, 11) is -3.82. The maximum absolute atomic E-state index is 12.3. The fraction of sp³-hybridized carbons (Fsp3) is 0.611. The molecule has 0 bridgehead atoms. The van der Waals surface area contributed by atoms with E-state index in [0.717, 1.165) is 37.5 Å². The monoisotopic (exact) mass is 409 g/mol. The van der Waals surface area contributed by atoms with Crippen LogP contribution in [-0.4, -0.2) is 41.2 Å². The smallest absolute Gasteiger partial charge is 0.287 e. The Hall–Kier alpha value is -2.20. The summed E-state index contributed by atoms with van der Waals surface area (Å²) in [6, 6.07) is 2.64. The van der Waals surface area contributed by atoms with E-state index in [1.807, 2.05) is 0 Å². The van der Waals surface area contributed by atoms with E-state index < -0.39 is 21.5 Å². The van der Waals surface area contributed by atoms with Crippen LogP contribution in [-0.2, 0) is 29.4 Å². The Morgan fingerprint density at radius 1 is 1.21 bits per heavy atom. The zero-order valence-electron chi connectivity index (χ0n) is 16.5. The van der Waals surface area contributed by atoms with Crippen LogP contribution in [0.1, 0.15) is 62.2 Å². The van der Waals surface area contributed by atoms with E-state index in [9.17, 15) is 13.2 Å². The Morgan fingerprint density at radius 2 is 2.00 bits per heavy atom. The van der Waals surface area contributed by atoms with Crippen LogP contribution >= 0.6 is 0 Å². The van der Waals surface area contributed by atoms with Crippen LogP contribution in [0.15, 0.2) is 21.6 Å². The van der Waals surface area contributed by atoms with Gasteiger partial charge in [0.2, 0.25) is 5.09 Å². The Labute approximate surface area is 165 Å². The normalized spacial score (nSPS) is 15.1. The van der Waals surface area contributed by atoms with Gasteiger partial charge in [-0.15, -0.1) is 10.2 Å². The van der Waals surface area contributed by atoms with Gasteiger partial charge in [-0.2, -0.15) is 0 Å². The van der Waals surface area contributed by atoms with Crippen LogP contribution in [0.2, 0.25) is 0 Å². The van der Waals surface area contributed by atoms with Gasteiger partial charge in [0.1, 0.15) is 11.6 Å². The Kier molecular flexibility index (Phi) is 5.90. The number of amides is 1. The second-order valence-electron chi connectivity index (χ2n) is 7.97. The molecule has 1 aliphatic rings. The number of fused-ring (bicyclic) bond motifs is 1. The van der Waals surface area contributed by atoms with Gasteiger partial charge in [-0.05, 0) is 45.7 Å². The summed E-state index contributed by atoms with van der Waals surface area (Å²) in [6.07, 6.45) is 4.91. The zero-order valence-corrected chi connectivity index (χ0v) is 17.3. The predicted octanol–water partition coefficient (Wildman–Crippen LogP) is 1.65. The SMILES string of the molecule is CC(C)(C)NS(=O)(=O)c1ccc(C(=O)NCCc2nnc3n2CCCCC3)o1. The van der Waals surface area contributed by atoms with E-state index in [1.54, 1.807) is 20.8 Å². The van der Waals surface area contributed by atoms with Crippen LogP contribution in [0.3, 0.4) is 0 Å². The Bertz CT molecular complexity index is 940. The summed E-state index contributed by atoms with van der Waals surface area (Å²) in [5.74, 6) is 1.35. The van der Waals surface area contributed by atoms with Crippen LogP contribution in [0, 0.1) is 0 Å². The lowest BCUT2D eigenvalue weighted by atomic mass is 10.1. The van der Waals surface area contributed by atoms with Crippen molar-refractivity contribution < 1.29 is 17.6 Å². The number of hydrogen-bond donors (Lipinski definition) is 2. The first kappa shape index (κ1) is 20.5. The summed E-state index contributed by atoms with van der Waals surface area (Å²) < 4.78 is 34.4. The second kappa shape index (κ2) is 8.04. The van der Waals surface area contributed by atoms with Gasteiger partial charge < -0.3 is 14.3 Å². The number of rotatable bonds is 6. The minimum atomic E-state index is -3.82. The Morgan fingerprint density at radius 3 is 2.75 bits per heavy atom. The van der Waals surface area contributed by atoms with Crippen LogP contribution in [0.4, 0.5) is 0 Å². The molecule has 3 rings (SSSR count). The maximum atomic E-state index is 12.3. The fourth-order valence-corrected chi connectivity index (χ4v) is 4.50. The molecule has 2 aromatic rings. The standard InChI is InChI=1S/C18H27N5O4S/c1-18(2,3)22-28(25,26)16-9-8-13(27-16)17(24)19-11-10-15-21-20-14-7-5-4-6-12-23(14)15/h8-9,22H,4-7,10-12H2,1-3H3,(H,19,24). The first-order chi connectivity index (χ1) is 13.2. The van der Waals surface area contributed by atoms with Gasteiger partial charge in [0.25, 0.3) is 15.9 Å². The van der Waals surface area contributed by atoms with Gasteiger partial charge in [-0.3, -0.25) is 4.79 Å². The highest BCUT2D eigenvalue weighted by molar-refractivity contribution is 7.89. The molecule has 2 aromatic heterocycles. The number of nitrogens with zero attached hydrogens (tertiary/aromatic N) is 3. The Balaban J connectivity index is 1.58. The lowest BCUT2D eigenvalue weighted by Gasteiger charge is -2.18. The van der Waals surface area contributed by atoms with E-state index in [4.69, 9.17) is 4.42 Å². The molecule has 0 fully saturated rings. The van der Waals surface area contributed by atoms with E-state index in [1.165, 1.54) is 18.6 Å². The average molecular weight is 410 g/mol. The van der Waals surface area contributed by atoms with Crippen LogP contribution < -0.4 is 10.0 Å². The quantitative estimate of drug-likeness (QED) is 0.749. The fourth-order valence-electron chi connectivity index (χ4n) is 3.15. The van der Waals surface area contributed by atoms with Gasteiger partial charge in [-0.1, -0.05) is 6.42 Å². The van der Waals surface area contributed by atoms with Crippen molar-refractivity contribution in [3.8, 4) is 0 Å². The summed E-state index contributed by atoms with van der Waals surface area (Å²) in [4.78, 5) is 12.3. The summed E-state index contributed by atoms with van der Waals surface area (Å²) in [5, 5.41) is 10.9. The number of furan rings is 1. The summed E-state index contributed by atoms with van der Waals surface area (Å²) in [6.45, 7) is 6.46. The molecule has 2 N–H and O–H groups in total. The molecule has 0 spiro atoms. The van der Waals surface area contributed by atoms with E-state index in [2.05, 4.69) is 24.8 Å². The molecule has 1 aliphatic heterocycles. The topological polar surface area (TPSA) is 119 Å². The van der Waals surface area contributed by atoms with Crippen molar-refractivity contribution in [3.05, 3.63) is 29.5 Å². The van der Waals surface area contributed by atoms with Crippen LogP contribution in [0.25, 0.3) is 0 Å². The van der Waals surface area contributed by atoms with Crippen molar-refractivity contribution in [2.45, 2.75) is 70.1 Å². The number of aryl methyl sites for hydroxylation is 1. The second-order valence-corrected chi connectivity index (χ2v) is 9.59. The summed E-state index contributed by atoms with van der Waals surface area (Å²) >= 11 is 0. The molecule has 0 saturated heterocycles. The third-order valence-corrected chi connectivity index (χ3v) is 5.96. The number of nitrogens with one attached hydrogen (secondary N) is 2. The van der Waals surface area contributed by atoms with E-state index in [0.29, 0.717) is 13.0 Å². The van der Waals surface area contributed by atoms with Gasteiger partial charge in [-0.25, -0.2) is 13.1 Å². The van der Waals surface area contributed by atoms with Crippen molar-refractivity contribution in [1.29, 1.82) is 0 Å². The third kappa shape index (κ3) is 4.99. The van der Waals surface area contributed by atoms with Crippen molar-refractivity contribution in [3.63, 3.8) is 0 Å². The minimum absolute atomic E-state index is 0.0469. The van der Waals surface area contributed by atoms with Gasteiger partial charge >= 0.3 is 0 Å². The number of carbonyl (C=O) groups excluding carboxylic acids is 1. The molecule has 3 heterocycles. The molecule has 154 valence electrons. The molecule has 9 nitrogen and oxygen atoms in total. The van der Waals surface area contributed by atoms with Gasteiger partial charge in [0, 0.05) is 31.5 Å². The molecule has 10 heteroatoms. The highest BCUT2D eigenvalue weighted by atomic mass is 32.2. The maximum Gasteiger partial charge on any atom is 0.287 e. The molecular weight excluding hydrogens is 382 g/mol. The van der Waals surface area contributed by atoms with Gasteiger partial charge in [0.15, 0.2) is 5.76 Å². The largest absolute Gasteiger partial charge is 0.438 e. The molecule has 1 amide bonds. The molecular formula is C18H27N5O4S. The first-order valence-electron chi connectivity index (χ1n) is 9.49. The average Bonchev–Trinajstić information content (AvgIpc) is 3.16. The van der Waals surface area contributed by atoms with Crippen molar-refractivity contribution in [2.24, 2.45) is 0 Å². The van der Waals surface area contributed by atoms with Crippen molar-refractivity contribution in [2.75, 3.05) is 6.54 Å². The highest BCUT2D eigenvalue weighted by Crippen LogP contribution is 2.17. The number of carbonyl (C=O) groups is 1. The molecule has 0 saturated carbocycles. The number of sulfonamides is 1. The third-order valence-electron chi connectivity index (χ3n) is 4.33. The number of hydrogen-bond acceptors (Lipinski definition) is 6. The van der Waals surface area contributed by atoms with Crippen molar-refractivity contribution >= 4 is 15.9 Å². The molecule has 0 aliphatic carbocycles. The first-order valence-corrected chi connectivity index (χ1v) is 11.0. The molecule has 0 radical (unpaired) electrons. The number of aromatic nitrogens is 3. The zero-order chi connectivity index (χ0) is 20.4. The van der Waals surface area contributed by atoms with Gasteiger partial charge in [0.05, 0.1) is 0 Å². The summed E-state index contributed by atoms with van der Waals surface area (Å²) in [5.41, 5.74) is -0.649. The van der Waals surface area contributed by atoms with E-state index in [-0.39, 0.29) is 10.9 Å². The molecule has 28 heavy (non-hydrogen) atoms. The van der Waals surface area contributed by atoms with Crippen LogP contribution in [0.5, 0.6) is 0 Å².